The molecule has 0 amide bonds. The smallest absolute Gasteiger partial charge is 0.0872 e. The second-order valence-electron chi connectivity index (χ2n) is 0.918. The molecule has 48 valence electrons. The van der Waals surface area contributed by atoms with Gasteiger partial charge in [0, 0.05) is 11.3 Å². The Bertz CT molecular complexity index is 94.5. The quantitative estimate of drug-likeness (QED) is 0.245. The molecular formula is C3H6NO3S-. The lowest BCUT2D eigenvalue weighted by molar-refractivity contribution is 0.117. The van der Waals surface area contributed by atoms with Gasteiger partial charge in [0.2, 0.25) is 0 Å². The van der Waals surface area contributed by atoms with E-state index in [0.717, 1.165) is 0 Å². The second-order valence-corrected chi connectivity index (χ2v) is 1.55. The SMILES string of the molecule is C=CCONS(=O)[O-]. The minimum absolute atomic E-state index is 0.175. The molecule has 0 aromatic carbocycles. The molecule has 0 aliphatic rings. The van der Waals surface area contributed by atoms with Gasteiger partial charge in [-0.15, -0.1) is 11.5 Å². The van der Waals surface area contributed by atoms with E-state index in [9.17, 15) is 8.76 Å². The van der Waals surface area contributed by atoms with Gasteiger partial charge in [-0.05, 0) is 0 Å². The summed E-state index contributed by atoms with van der Waals surface area (Å²) in [5.74, 6) is 0. The number of hydrogen-bond acceptors (Lipinski definition) is 3. The van der Waals surface area contributed by atoms with Gasteiger partial charge >= 0.3 is 0 Å². The van der Waals surface area contributed by atoms with E-state index in [1.165, 1.54) is 6.08 Å². The van der Waals surface area contributed by atoms with Gasteiger partial charge in [0.1, 0.15) is 0 Å². The van der Waals surface area contributed by atoms with E-state index in [1.807, 2.05) is 0 Å². The molecule has 5 heteroatoms. The summed E-state index contributed by atoms with van der Waals surface area (Å²) in [6, 6.07) is 0. The van der Waals surface area contributed by atoms with E-state index in [1.54, 1.807) is 4.89 Å². The number of hydrogen-bond donors (Lipinski definition) is 1. The van der Waals surface area contributed by atoms with Crippen molar-refractivity contribution in [2.24, 2.45) is 0 Å². The highest BCUT2D eigenvalue weighted by Crippen LogP contribution is 1.67. The molecule has 1 unspecified atom stereocenters. The Labute approximate surface area is 49.9 Å². The molecule has 0 saturated heterocycles. The normalized spacial score (nSPS) is 13.1. The van der Waals surface area contributed by atoms with Crippen LogP contribution in [-0.4, -0.2) is 15.4 Å². The summed E-state index contributed by atoms with van der Waals surface area (Å²) < 4.78 is 19.2. The minimum Gasteiger partial charge on any atom is -0.758 e. The first-order valence-electron chi connectivity index (χ1n) is 1.85. The summed E-state index contributed by atoms with van der Waals surface area (Å²) in [6.45, 7) is 3.47. The van der Waals surface area contributed by atoms with Crippen LogP contribution >= 0.6 is 0 Å². The molecule has 0 aromatic heterocycles. The van der Waals surface area contributed by atoms with Crippen LogP contribution in [0.2, 0.25) is 0 Å². The van der Waals surface area contributed by atoms with Gasteiger partial charge in [0.25, 0.3) is 0 Å². The Morgan fingerprint density at radius 3 is 3.00 bits per heavy atom. The summed E-state index contributed by atoms with van der Waals surface area (Å²) in [5, 5.41) is 0. The van der Waals surface area contributed by atoms with Crippen molar-refractivity contribution in [2.45, 2.75) is 0 Å². The summed E-state index contributed by atoms with van der Waals surface area (Å²) in [4.78, 5) is 5.96. The third-order valence-corrected chi connectivity index (χ3v) is 0.582. The summed E-state index contributed by atoms with van der Waals surface area (Å²) >= 11 is -2.34. The summed E-state index contributed by atoms with van der Waals surface area (Å²) in [5.41, 5.74) is 0. The second kappa shape index (κ2) is 4.92. The van der Waals surface area contributed by atoms with Crippen molar-refractivity contribution in [3.05, 3.63) is 12.7 Å². The van der Waals surface area contributed by atoms with Crippen LogP contribution in [0.1, 0.15) is 0 Å². The molecule has 0 rings (SSSR count). The summed E-state index contributed by atoms with van der Waals surface area (Å²) in [7, 11) is 0. The van der Waals surface area contributed by atoms with Gasteiger partial charge in [0.15, 0.2) is 0 Å². The number of rotatable bonds is 4. The first kappa shape index (κ1) is 7.77. The monoisotopic (exact) mass is 136 g/mol. The van der Waals surface area contributed by atoms with Crippen LogP contribution in [0.25, 0.3) is 0 Å². The van der Waals surface area contributed by atoms with Crippen molar-refractivity contribution in [1.82, 2.24) is 4.89 Å². The average molecular weight is 136 g/mol. The van der Waals surface area contributed by atoms with Crippen molar-refractivity contribution in [3.8, 4) is 0 Å². The van der Waals surface area contributed by atoms with Crippen molar-refractivity contribution in [3.63, 3.8) is 0 Å². The Balaban J connectivity index is 2.93. The fraction of sp³-hybridized carbons (Fsp3) is 0.333. The molecule has 0 heterocycles. The van der Waals surface area contributed by atoms with Crippen LogP contribution in [0.4, 0.5) is 0 Å². The van der Waals surface area contributed by atoms with Gasteiger partial charge < -0.3 is 4.55 Å². The Hall–Kier alpha value is -0.230. The molecule has 0 aromatic rings. The lowest BCUT2D eigenvalue weighted by atomic mass is 10.7. The molecule has 0 aliphatic carbocycles. The van der Waals surface area contributed by atoms with Crippen LogP contribution in [0.3, 0.4) is 0 Å². The van der Waals surface area contributed by atoms with E-state index in [4.69, 9.17) is 0 Å². The highest BCUT2D eigenvalue weighted by Gasteiger charge is 1.76. The molecular weight excluding hydrogens is 130 g/mol. The molecule has 0 saturated carbocycles. The van der Waals surface area contributed by atoms with Crippen molar-refractivity contribution < 1.29 is 13.6 Å². The van der Waals surface area contributed by atoms with Gasteiger partial charge in [-0.1, -0.05) is 6.08 Å². The van der Waals surface area contributed by atoms with Crippen LogP contribution in [-0.2, 0) is 16.1 Å². The highest BCUT2D eigenvalue weighted by atomic mass is 32.2. The van der Waals surface area contributed by atoms with E-state index in [-0.39, 0.29) is 6.61 Å². The minimum atomic E-state index is -2.34. The van der Waals surface area contributed by atoms with Crippen LogP contribution in [0, 0.1) is 0 Å². The van der Waals surface area contributed by atoms with Gasteiger partial charge in [0.05, 0.1) is 6.61 Å². The molecule has 0 spiro atoms. The predicted molar refractivity (Wildman–Crippen MR) is 28.2 cm³/mol. The largest absolute Gasteiger partial charge is 0.758 e. The van der Waals surface area contributed by atoms with E-state index < -0.39 is 11.3 Å². The average Bonchev–Trinajstić information content (AvgIpc) is 1.66. The Kier molecular flexibility index (Phi) is 4.78. The first-order valence-corrected chi connectivity index (χ1v) is 2.92. The van der Waals surface area contributed by atoms with E-state index in [2.05, 4.69) is 11.4 Å². The van der Waals surface area contributed by atoms with Crippen LogP contribution in [0.5, 0.6) is 0 Å². The Morgan fingerprint density at radius 2 is 2.62 bits per heavy atom. The zero-order chi connectivity index (χ0) is 6.41. The van der Waals surface area contributed by atoms with Crippen molar-refractivity contribution in [2.75, 3.05) is 6.61 Å². The standard InChI is InChI=1S/C3H7NO3S/c1-2-3-7-4-8(5)6/h2,4H,1,3H2,(H,5,6)/p-1. The zero-order valence-electron chi connectivity index (χ0n) is 4.12. The zero-order valence-corrected chi connectivity index (χ0v) is 4.94. The van der Waals surface area contributed by atoms with E-state index in [0.29, 0.717) is 0 Å². The highest BCUT2D eigenvalue weighted by molar-refractivity contribution is 7.76. The van der Waals surface area contributed by atoms with Crippen molar-refractivity contribution >= 4 is 11.3 Å². The number of nitrogens with one attached hydrogen (secondary N) is 1. The maximum atomic E-state index is 9.60. The van der Waals surface area contributed by atoms with Crippen LogP contribution < -0.4 is 4.89 Å². The molecule has 1 atom stereocenters. The molecule has 4 nitrogen and oxygen atoms in total. The lowest BCUT2D eigenvalue weighted by Gasteiger charge is -2.03. The van der Waals surface area contributed by atoms with Gasteiger partial charge in [-0.2, -0.15) is 0 Å². The molecule has 1 N–H and O–H groups in total. The fourth-order valence-corrected chi connectivity index (χ4v) is 0.305. The molecule has 0 aliphatic heterocycles. The third kappa shape index (κ3) is 5.77. The lowest BCUT2D eigenvalue weighted by Crippen LogP contribution is -2.16. The maximum absolute atomic E-state index is 9.60. The van der Waals surface area contributed by atoms with Gasteiger partial charge in [-0.25, -0.2) is 0 Å². The van der Waals surface area contributed by atoms with E-state index >= 15 is 0 Å². The molecule has 0 fully saturated rings. The molecule has 0 radical (unpaired) electrons. The van der Waals surface area contributed by atoms with Crippen molar-refractivity contribution in [1.29, 1.82) is 0 Å². The third-order valence-electron chi connectivity index (χ3n) is 0.328. The first-order chi connectivity index (χ1) is 3.77. The maximum Gasteiger partial charge on any atom is 0.0872 e. The topological polar surface area (TPSA) is 61.4 Å². The Morgan fingerprint density at radius 1 is 2.00 bits per heavy atom. The molecule has 0 bridgehead atoms. The molecule has 8 heavy (non-hydrogen) atoms. The summed E-state index contributed by atoms with van der Waals surface area (Å²) in [6.07, 6.45) is 1.43. The van der Waals surface area contributed by atoms with Gasteiger partial charge in [-0.3, -0.25) is 9.05 Å². The predicted octanol–water partition coefficient (Wildman–Crippen LogP) is -0.512. The van der Waals surface area contributed by atoms with Crippen LogP contribution in [0.15, 0.2) is 12.7 Å². The fourth-order valence-electron chi connectivity index (χ4n) is 0.141.